The Morgan fingerprint density at radius 2 is 1.82 bits per heavy atom. The monoisotopic (exact) mass is 560 g/mol. The highest BCUT2D eigenvalue weighted by atomic mass is 35.5. The van der Waals surface area contributed by atoms with Crippen molar-refractivity contribution in [3.05, 3.63) is 91.7 Å². The van der Waals surface area contributed by atoms with Gasteiger partial charge in [0.15, 0.2) is 0 Å². The lowest BCUT2D eigenvalue weighted by molar-refractivity contribution is 0.0707. The van der Waals surface area contributed by atoms with Crippen molar-refractivity contribution in [1.82, 2.24) is 14.5 Å². The molecule has 5 rings (SSSR count). The molecular weight excluding hydrogens is 528 g/mol. The van der Waals surface area contributed by atoms with E-state index in [1.54, 1.807) is 10.6 Å². The Kier molecular flexibility index (Phi) is 8.03. The molecule has 1 fully saturated rings. The average molecular weight is 561 g/mol. The summed E-state index contributed by atoms with van der Waals surface area (Å²) in [5, 5.41) is 3.16. The number of carbonyl (C=O) groups is 1. The summed E-state index contributed by atoms with van der Waals surface area (Å²) in [6.45, 7) is 7.21. The SMILES string of the molecule is CCc1cccc(CC)c1-n1c(C)c(C(=O)N2CCCC(N)C2)cc(-c2nc(-c3ccc(Cl)cc3)cs2)c1=O. The summed E-state index contributed by atoms with van der Waals surface area (Å²) in [5.41, 5.74) is 12.3. The smallest absolute Gasteiger partial charge is 0.265 e. The van der Waals surface area contributed by atoms with Crippen molar-refractivity contribution in [2.45, 2.75) is 52.5 Å². The molecule has 3 heterocycles. The highest BCUT2D eigenvalue weighted by Gasteiger charge is 2.28. The van der Waals surface area contributed by atoms with Crippen molar-refractivity contribution in [3.63, 3.8) is 0 Å². The van der Waals surface area contributed by atoms with Crippen LogP contribution < -0.4 is 11.3 Å². The number of halogens is 1. The first-order chi connectivity index (χ1) is 18.8. The van der Waals surface area contributed by atoms with Gasteiger partial charge in [0.25, 0.3) is 11.5 Å². The molecule has 0 bridgehead atoms. The summed E-state index contributed by atoms with van der Waals surface area (Å²) < 4.78 is 1.74. The maximum Gasteiger partial charge on any atom is 0.265 e. The van der Waals surface area contributed by atoms with E-state index in [0.29, 0.717) is 39.9 Å². The van der Waals surface area contributed by atoms with Gasteiger partial charge in [-0.05, 0) is 61.9 Å². The number of likely N-dealkylation sites (tertiary alicyclic amines) is 1. The summed E-state index contributed by atoms with van der Waals surface area (Å²) >= 11 is 7.47. The summed E-state index contributed by atoms with van der Waals surface area (Å²) in [5.74, 6) is -0.0980. The van der Waals surface area contributed by atoms with Gasteiger partial charge in [-0.25, -0.2) is 4.98 Å². The minimum absolute atomic E-state index is 0.0400. The fraction of sp³-hybridized carbons (Fsp3) is 0.323. The molecule has 39 heavy (non-hydrogen) atoms. The first kappa shape index (κ1) is 27.3. The van der Waals surface area contributed by atoms with Crippen LogP contribution in [0.3, 0.4) is 0 Å². The zero-order valence-corrected chi connectivity index (χ0v) is 24.1. The average Bonchev–Trinajstić information content (AvgIpc) is 3.43. The second-order valence-electron chi connectivity index (χ2n) is 10.0. The van der Waals surface area contributed by atoms with Crippen LogP contribution in [0.4, 0.5) is 0 Å². The second kappa shape index (κ2) is 11.5. The third-order valence-electron chi connectivity index (χ3n) is 7.49. The molecule has 1 saturated heterocycles. The molecule has 202 valence electrons. The van der Waals surface area contributed by atoms with Gasteiger partial charge in [-0.15, -0.1) is 11.3 Å². The molecule has 2 N–H and O–H groups in total. The Hall–Kier alpha value is -3.26. The molecule has 1 aliphatic heterocycles. The molecule has 1 amide bonds. The number of benzene rings is 2. The maximum absolute atomic E-state index is 14.3. The lowest BCUT2D eigenvalue weighted by Crippen LogP contribution is -2.46. The number of para-hydroxylation sites is 1. The predicted octanol–water partition coefficient (Wildman–Crippen LogP) is 6.28. The van der Waals surface area contributed by atoms with Gasteiger partial charge in [-0.2, -0.15) is 0 Å². The zero-order valence-electron chi connectivity index (χ0n) is 22.5. The second-order valence-corrected chi connectivity index (χ2v) is 11.3. The van der Waals surface area contributed by atoms with Crippen LogP contribution in [-0.2, 0) is 12.8 Å². The number of carbonyl (C=O) groups excluding carboxylic acids is 1. The van der Waals surface area contributed by atoms with E-state index in [1.807, 2.05) is 47.5 Å². The highest BCUT2D eigenvalue weighted by Crippen LogP contribution is 2.31. The Morgan fingerprint density at radius 3 is 2.46 bits per heavy atom. The number of aryl methyl sites for hydroxylation is 2. The Labute approximate surface area is 238 Å². The summed E-state index contributed by atoms with van der Waals surface area (Å²) in [6, 6.07) is 15.3. The van der Waals surface area contributed by atoms with Gasteiger partial charge in [-0.3, -0.25) is 14.2 Å². The van der Waals surface area contributed by atoms with Crippen molar-refractivity contribution in [2.24, 2.45) is 5.73 Å². The summed E-state index contributed by atoms with van der Waals surface area (Å²) in [4.78, 5) is 34.9. The molecule has 1 atom stereocenters. The van der Waals surface area contributed by atoms with E-state index in [0.717, 1.165) is 53.8 Å². The molecule has 6 nitrogen and oxygen atoms in total. The van der Waals surface area contributed by atoms with Crippen molar-refractivity contribution >= 4 is 28.8 Å². The predicted molar refractivity (Wildman–Crippen MR) is 160 cm³/mol. The third-order valence-corrected chi connectivity index (χ3v) is 8.61. The van der Waals surface area contributed by atoms with Gasteiger partial charge in [-0.1, -0.05) is 55.8 Å². The van der Waals surface area contributed by atoms with E-state index in [4.69, 9.17) is 22.3 Å². The molecule has 0 spiro atoms. The number of piperidine rings is 1. The van der Waals surface area contributed by atoms with Crippen LogP contribution in [0.1, 0.15) is 53.9 Å². The third kappa shape index (κ3) is 5.31. The molecule has 0 radical (unpaired) electrons. The van der Waals surface area contributed by atoms with Crippen LogP contribution >= 0.6 is 22.9 Å². The van der Waals surface area contributed by atoms with E-state index in [9.17, 15) is 9.59 Å². The molecule has 2 aromatic carbocycles. The minimum atomic E-state index is -0.174. The zero-order chi connectivity index (χ0) is 27.7. The number of nitrogens with two attached hydrogens (primary N) is 1. The topological polar surface area (TPSA) is 81.2 Å². The van der Waals surface area contributed by atoms with Gasteiger partial charge in [0, 0.05) is 40.8 Å². The Morgan fingerprint density at radius 1 is 1.13 bits per heavy atom. The first-order valence-electron chi connectivity index (χ1n) is 13.5. The number of aromatic nitrogens is 2. The van der Waals surface area contributed by atoms with E-state index < -0.39 is 0 Å². The van der Waals surface area contributed by atoms with Gasteiger partial charge >= 0.3 is 0 Å². The van der Waals surface area contributed by atoms with E-state index >= 15 is 0 Å². The molecular formula is C31H33ClN4O2S. The number of rotatable bonds is 6. The fourth-order valence-electron chi connectivity index (χ4n) is 5.36. The van der Waals surface area contributed by atoms with Crippen molar-refractivity contribution < 1.29 is 4.79 Å². The number of thiazole rings is 1. The molecule has 1 unspecified atom stereocenters. The summed E-state index contributed by atoms with van der Waals surface area (Å²) in [6.07, 6.45) is 3.31. The largest absolute Gasteiger partial charge is 0.337 e. The number of hydrogen-bond donors (Lipinski definition) is 1. The standard InChI is InChI=1S/C31H33ClN4O2S/c1-4-20-8-6-9-21(5-2)28(20)36-19(3)25(30(37)35-15-7-10-24(33)17-35)16-26(31(36)38)29-34-27(18-39-29)22-11-13-23(32)14-12-22/h6,8-9,11-14,16,18,24H,4-5,7,10,15,17,33H2,1-3H3. The lowest BCUT2D eigenvalue weighted by Gasteiger charge is -2.31. The summed E-state index contributed by atoms with van der Waals surface area (Å²) in [7, 11) is 0. The van der Waals surface area contributed by atoms with Crippen LogP contribution in [0, 0.1) is 6.92 Å². The normalized spacial score (nSPS) is 15.5. The van der Waals surface area contributed by atoms with Gasteiger partial charge in [0.1, 0.15) is 5.01 Å². The number of hydrogen-bond acceptors (Lipinski definition) is 5. The quantitative estimate of drug-likeness (QED) is 0.301. The van der Waals surface area contributed by atoms with E-state index in [2.05, 4.69) is 26.0 Å². The van der Waals surface area contributed by atoms with Gasteiger partial charge in [0.2, 0.25) is 0 Å². The van der Waals surface area contributed by atoms with Crippen LogP contribution in [0.2, 0.25) is 5.02 Å². The molecule has 2 aromatic heterocycles. The number of nitrogens with zero attached hydrogens (tertiary/aromatic N) is 3. The minimum Gasteiger partial charge on any atom is -0.337 e. The molecule has 0 saturated carbocycles. The Bertz CT molecular complexity index is 1550. The fourth-order valence-corrected chi connectivity index (χ4v) is 6.32. The van der Waals surface area contributed by atoms with Crippen molar-refractivity contribution in [3.8, 4) is 27.5 Å². The number of amides is 1. The van der Waals surface area contributed by atoms with Gasteiger partial charge in [0.05, 0.1) is 22.5 Å². The van der Waals surface area contributed by atoms with E-state index in [1.165, 1.54) is 11.3 Å². The van der Waals surface area contributed by atoms with Crippen LogP contribution in [-0.4, -0.2) is 39.5 Å². The van der Waals surface area contributed by atoms with Crippen LogP contribution in [0.15, 0.2) is 58.7 Å². The van der Waals surface area contributed by atoms with E-state index in [-0.39, 0.29) is 17.5 Å². The van der Waals surface area contributed by atoms with Crippen molar-refractivity contribution in [2.75, 3.05) is 13.1 Å². The number of pyridine rings is 1. The van der Waals surface area contributed by atoms with Crippen molar-refractivity contribution in [1.29, 1.82) is 0 Å². The lowest BCUT2D eigenvalue weighted by atomic mass is 10.00. The molecule has 1 aliphatic rings. The molecule has 0 aliphatic carbocycles. The van der Waals surface area contributed by atoms with Gasteiger partial charge < -0.3 is 10.6 Å². The highest BCUT2D eigenvalue weighted by molar-refractivity contribution is 7.13. The molecule has 4 aromatic rings. The maximum atomic E-state index is 14.3. The Balaban J connectivity index is 1.73. The van der Waals surface area contributed by atoms with Crippen LogP contribution in [0.25, 0.3) is 27.5 Å². The molecule has 8 heteroatoms. The first-order valence-corrected chi connectivity index (χ1v) is 14.7. The van der Waals surface area contributed by atoms with Crippen LogP contribution in [0.5, 0.6) is 0 Å².